The molecule has 27 heavy (non-hydrogen) atoms. The first-order chi connectivity index (χ1) is 12.9. The van der Waals surface area contributed by atoms with Gasteiger partial charge in [-0.05, 0) is 24.6 Å². The summed E-state index contributed by atoms with van der Waals surface area (Å²) in [6.07, 6.45) is 1.59. The number of nitrogens with one attached hydrogen (secondary N) is 2. The molecule has 0 aromatic heterocycles. The van der Waals surface area contributed by atoms with Crippen molar-refractivity contribution in [3.8, 4) is 0 Å². The molecule has 0 saturated carbocycles. The van der Waals surface area contributed by atoms with Gasteiger partial charge in [-0.1, -0.05) is 36.5 Å². The maximum absolute atomic E-state index is 12.4. The number of benzene rings is 1. The molecule has 1 fully saturated rings. The van der Waals surface area contributed by atoms with Crippen LogP contribution in [0.1, 0.15) is 26.2 Å². The summed E-state index contributed by atoms with van der Waals surface area (Å²) in [5.41, 5.74) is 0.395. The summed E-state index contributed by atoms with van der Waals surface area (Å²) in [4.78, 5) is 38.2. The Kier molecular flexibility index (Phi) is 8.34. The topological polar surface area (TPSA) is 87.7 Å². The zero-order chi connectivity index (χ0) is 19.8. The first-order valence-electron chi connectivity index (χ1n) is 8.83. The fourth-order valence-electron chi connectivity index (χ4n) is 2.69. The third kappa shape index (κ3) is 6.68. The summed E-state index contributed by atoms with van der Waals surface area (Å²) < 4.78 is 5.13. The van der Waals surface area contributed by atoms with Gasteiger partial charge < -0.3 is 15.4 Å². The van der Waals surface area contributed by atoms with Crippen LogP contribution in [-0.2, 0) is 19.1 Å². The van der Waals surface area contributed by atoms with Crippen LogP contribution < -0.4 is 10.6 Å². The summed E-state index contributed by atoms with van der Waals surface area (Å²) in [5.74, 6) is -1.09. The summed E-state index contributed by atoms with van der Waals surface area (Å²) in [6, 6.07) is 4.01. The van der Waals surface area contributed by atoms with Gasteiger partial charge in [0.25, 0.3) is 0 Å². The number of nitrogens with zero attached hydrogens (tertiary/aromatic N) is 1. The predicted molar refractivity (Wildman–Crippen MR) is 104 cm³/mol. The number of hydrogen-bond acceptors (Lipinski definition) is 5. The van der Waals surface area contributed by atoms with E-state index in [-0.39, 0.29) is 24.8 Å². The molecule has 1 aliphatic rings. The number of unbranched alkanes of at least 4 members (excludes halogenated alkanes) is 1. The van der Waals surface area contributed by atoms with Crippen LogP contribution in [0.4, 0.5) is 5.69 Å². The fourth-order valence-corrected chi connectivity index (χ4v) is 3.02. The maximum Gasteiger partial charge on any atom is 0.307 e. The number of halogens is 2. The molecule has 1 aromatic carbocycles. The molecule has 0 radical (unpaired) electrons. The summed E-state index contributed by atoms with van der Waals surface area (Å²) in [5, 5.41) is 6.21. The van der Waals surface area contributed by atoms with Crippen LogP contribution in [0.5, 0.6) is 0 Å². The molecule has 2 N–H and O–H groups in total. The number of carbonyl (C=O) groups is 3. The fraction of sp³-hybridized carbons (Fsp3) is 0.500. The Labute approximate surface area is 168 Å². The highest BCUT2D eigenvalue weighted by molar-refractivity contribution is 6.35. The Morgan fingerprint density at radius 2 is 2.15 bits per heavy atom. The van der Waals surface area contributed by atoms with Crippen molar-refractivity contribution < 1.29 is 19.1 Å². The minimum absolute atomic E-state index is 0.0524. The van der Waals surface area contributed by atoms with Gasteiger partial charge >= 0.3 is 5.97 Å². The molecule has 9 heteroatoms. The Bertz CT molecular complexity index is 699. The molecule has 1 aromatic rings. The van der Waals surface area contributed by atoms with E-state index >= 15 is 0 Å². The van der Waals surface area contributed by atoms with Crippen molar-refractivity contribution >= 4 is 46.7 Å². The Balaban J connectivity index is 1.96. The highest BCUT2D eigenvalue weighted by Crippen LogP contribution is 2.25. The van der Waals surface area contributed by atoms with Gasteiger partial charge in [0.05, 0.1) is 30.3 Å². The van der Waals surface area contributed by atoms with Crippen LogP contribution in [0.3, 0.4) is 0 Å². The van der Waals surface area contributed by atoms with Crippen molar-refractivity contribution in [2.45, 2.75) is 32.2 Å². The van der Waals surface area contributed by atoms with Gasteiger partial charge in [-0.3, -0.25) is 19.3 Å². The number of carbonyl (C=O) groups excluding carboxylic acids is 3. The normalized spacial score (nSPS) is 17.3. The number of amides is 2. The molecule has 0 bridgehead atoms. The molecule has 2 rings (SSSR count). The largest absolute Gasteiger partial charge is 0.466 e. The lowest BCUT2D eigenvalue weighted by Crippen LogP contribution is -2.57. The van der Waals surface area contributed by atoms with Crippen LogP contribution in [0.15, 0.2) is 18.2 Å². The van der Waals surface area contributed by atoms with Crippen molar-refractivity contribution in [3.63, 3.8) is 0 Å². The number of rotatable bonds is 8. The van der Waals surface area contributed by atoms with Gasteiger partial charge in [-0.25, -0.2) is 0 Å². The zero-order valence-electron chi connectivity index (χ0n) is 15.1. The second-order valence-corrected chi connectivity index (χ2v) is 7.07. The molecule has 0 aliphatic carbocycles. The number of hydrogen-bond donors (Lipinski definition) is 2. The van der Waals surface area contributed by atoms with Gasteiger partial charge in [-0.15, -0.1) is 0 Å². The lowest BCUT2D eigenvalue weighted by atomic mass is 10.1. The lowest BCUT2D eigenvalue weighted by molar-refractivity contribution is -0.149. The smallest absolute Gasteiger partial charge is 0.307 e. The van der Waals surface area contributed by atoms with E-state index in [0.717, 1.165) is 12.8 Å². The van der Waals surface area contributed by atoms with E-state index < -0.39 is 12.0 Å². The molecule has 148 valence electrons. The predicted octanol–water partition coefficient (Wildman–Crippen LogP) is 2.47. The second-order valence-electron chi connectivity index (χ2n) is 6.23. The highest BCUT2D eigenvalue weighted by atomic mass is 35.5. The van der Waals surface area contributed by atoms with Crippen molar-refractivity contribution in [1.29, 1.82) is 0 Å². The quantitative estimate of drug-likeness (QED) is 0.502. The van der Waals surface area contributed by atoms with Crippen molar-refractivity contribution in [1.82, 2.24) is 10.2 Å². The Morgan fingerprint density at radius 1 is 1.37 bits per heavy atom. The first kappa shape index (κ1) is 21.5. The summed E-state index contributed by atoms with van der Waals surface area (Å²) in [6.45, 7) is 3.14. The van der Waals surface area contributed by atoms with E-state index in [1.807, 2.05) is 6.92 Å². The molecule has 1 unspecified atom stereocenters. The van der Waals surface area contributed by atoms with Gasteiger partial charge in [-0.2, -0.15) is 0 Å². The Hall–Kier alpha value is -1.83. The third-order valence-electron chi connectivity index (χ3n) is 4.11. The van der Waals surface area contributed by atoms with Crippen LogP contribution in [-0.4, -0.2) is 55.0 Å². The van der Waals surface area contributed by atoms with Gasteiger partial charge in [0.1, 0.15) is 6.04 Å². The zero-order valence-corrected chi connectivity index (χ0v) is 16.6. The van der Waals surface area contributed by atoms with E-state index in [1.165, 1.54) is 0 Å². The molecule has 7 nitrogen and oxygen atoms in total. The average molecular weight is 416 g/mol. The van der Waals surface area contributed by atoms with Gasteiger partial charge in [0, 0.05) is 18.1 Å². The summed E-state index contributed by atoms with van der Waals surface area (Å²) in [7, 11) is 0. The molecule has 1 aliphatic heterocycles. The summed E-state index contributed by atoms with van der Waals surface area (Å²) >= 11 is 12.0. The molecule has 1 saturated heterocycles. The molecular weight excluding hydrogens is 393 g/mol. The number of esters is 1. The number of anilines is 1. The molecule has 1 heterocycles. The molecule has 2 amide bonds. The van der Waals surface area contributed by atoms with Gasteiger partial charge in [0.15, 0.2) is 0 Å². The van der Waals surface area contributed by atoms with Crippen molar-refractivity contribution in [3.05, 3.63) is 28.2 Å². The van der Waals surface area contributed by atoms with Crippen LogP contribution in [0.2, 0.25) is 10.0 Å². The van der Waals surface area contributed by atoms with Crippen LogP contribution in [0.25, 0.3) is 0 Å². The van der Waals surface area contributed by atoms with E-state index in [0.29, 0.717) is 35.4 Å². The average Bonchev–Trinajstić information content (AvgIpc) is 2.61. The van der Waals surface area contributed by atoms with Crippen LogP contribution in [0, 0.1) is 0 Å². The molecule has 1 atom stereocenters. The lowest BCUT2D eigenvalue weighted by Gasteiger charge is -2.33. The van der Waals surface area contributed by atoms with Crippen molar-refractivity contribution in [2.75, 3.05) is 31.6 Å². The minimum Gasteiger partial charge on any atom is -0.466 e. The first-order valence-corrected chi connectivity index (χ1v) is 9.58. The second kappa shape index (κ2) is 10.5. The van der Waals surface area contributed by atoms with Crippen molar-refractivity contribution in [2.24, 2.45) is 0 Å². The van der Waals surface area contributed by atoms with E-state index in [2.05, 4.69) is 10.6 Å². The number of piperazine rings is 1. The third-order valence-corrected chi connectivity index (χ3v) is 4.68. The Morgan fingerprint density at radius 3 is 2.89 bits per heavy atom. The number of ether oxygens (including phenoxy) is 1. The maximum atomic E-state index is 12.4. The standard InChI is InChI=1S/C18H23Cl2N3O4/c1-2-3-8-27-17(25)10-15-18(26)21-6-7-23(15)11-16(24)22-14-9-12(19)4-5-13(14)20/h4-5,9,15H,2-3,6-8,10-11H2,1H3,(H,21,26)(H,22,24). The van der Waals surface area contributed by atoms with E-state index in [9.17, 15) is 14.4 Å². The molecule has 0 spiro atoms. The minimum atomic E-state index is -0.742. The SMILES string of the molecule is CCCCOC(=O)CC1C(=O)NCCN1CC(=O)Nc1cc(Cl)ccc1Cl. The van der Waals surface area contributed by atoms with E-state index in [1.54, 1.807) is 23.1 Å². The molecular formula is C18H23Cl2N3O4. The highest BCUT2D eigenvalue weighted by Gasteiger charge is 2.33. The monoisotopic (exact) mass is 415 g/mol. The van der Waals surface area contributed by atoms with E-state index in [4.69, 9.17) is 27.9 Å². The van der Waals surface area contributed by atoms with Crippen LogP contribution >= 0.6 is 23.2 Å². The van der Waals surface area contributed by atoms with Gasteiger partial charge in [0.2, 0.25) is 11.8 Å².